The fourth-order valence-corrected chi connectivity index (χ4v) is 3.86. The summed E-state index contributed by atoms with van der Waals surface area (Å²) >= 11 is 0. The van der Waals surface area contributed by atoms with Crippen LogP contribution in [-0.2, 0) is 15.9 Å². The molecule has 1 aromatic rings. The van der Waals surface area contributed by atoms with E-state index < -0.39 is 0 Å². The van der Waals surface area contributed by atoms with Gasteiger partial charge in [-0.1, -0.05) is 56.9 Å². The summed E-state index contributed by atoms with van der Waals surface area (Å²) in [6.07, 6.45) is 8.01. The second-order valence-electron chi connectivity index (χ2n) is 6.19. The lowest BCUT2D eigenvalue weighted by atomic mass is 9.74. The topological polar surface area (TPSA) is 18.5 Å². The fourth-order valence-electron chi connectivity index (χ4n) is 3.86. The van der Waals surface area contributed by atoms with Crippen molar-refractivity contribution in [3.63, 3.8) is 0 Å². The molecule has 110 valence electrons. The van der Waals surface area contributed by atoms with Crippen LogP contribution in [0.25, 0.3) is 0 Å². The number of ether oxygens (including phenoxy) is 2. The summed E-state index contributed by atoms with van der Waals surface area (Å²) in [6, 6.07) is 8.69. The maximum absolute atomic E-state index is 5.70. The lowest BCUT2D eigenvalue weighted by Gasteiger charge is -2.31. The molecule has 2 heteroatoms. The minimum atomic E-state index is -0.130. The van der Waals surface area contributed by atoms with Gasteiger partial charge in [-0.3, -0.25) is 0 Å². The molecule has 0 radical (unpaired) electrons. The van der Waals surface area contributed by atoms with Gasteiger partial charge in [0.05, 0.1) is 13.2 Å². The Bertz CT molecular complexity index is 423. The van der Waals surface area contributed by atoms with E-state index in [4.69, 9.17) is 9.47 Å². The van der Waals surface area contributed by atoms with Gasteiger partial charge in [-0.05, 0) is 30.2 Å². The summed E-state index contributed by atoms with van der Waals surface area (Å²) < 4.78 is 11.4. The highest BCUT2D eigenvalue weighted by atomic mass is 16.7. The van der Waals surface area contributed by atoms with Crippen molar-refractivity contribution in [1.29, 1.82) is 0 Å². The van der Waals surface area contributed by atoms with Crippen molar-refractivity contribution in [3.8, 4) is 0 Å². The van der Waals surface area contributed by atoms with Crippen molar-refractivity contribution in [3.05, 3.63) is 35.4 Å². The van der Waals surface area contributed by atoms with Crippen molar-refractivity contribution in [2.75, 3.05) is 13.2 Å². The van der Waals surface area contributed by atoms with Gasteiger partial charge in [0, 0.05) is 5.56 Å². The van der Waals surface area contributed by atoms with E-state index >= 15 is 0 Å². The molecule has 0 aromatic heterocycles. The minimum absolute atomic E-state index is 0.130. The largest absolute Gasteiger partial charge is 0.346 e. The number of rotatable bonds is 4. The first kappa shape index (κ1) is 14.1. The predicted molar refractivity (Wildman–Crippen MR) is 80.5 cm³/mol. The summed E-state index contributed by atoms with van der Waals surface area (Å²) in [6.45, 7) is 3.79. The Morgan fingerprint density at radius 2 is 1.70 bits per heavy atom. The van der Waals surface area contributed by atoms with Crippen LogP contribution in [0.15, 0.2) is 24.3 Å². The third kappa shape index (κ3) is 3.07. The van der Waals surface area contributed by atoms with Crippen molar-refractivity contribution in [2.45, 2.75) is 51.7 Å². The molecule has 0 spiro atoms. The molecule has 2 aliphatic rings. The third-order valence-electron chi connectivity index (χ3n) is 5.00. The van der Waals surface area contributed by atoms with Gasteiger partial charge in [-0.2, -0.15) is 0 Å². The first-order valence-corrected chi connectivity index (χ1v) is 8.19. The van der Waals surface area contributed by atoms with Gasteiger partial charge < -0.3 is 9.47 Å². The molecule has 0 N–H and O–H groups in total. The van der Waals surface area contributed by atoms with Crippen LogP contribution < -0.4 is 0 Å². The second-order valence-corrected chi connectivity index (χ2v) is 6.19. The van der Waals surface area contributed by atoms with Crippen LogP contribution in [0, 0.1) is 11.8 Å². The van der Waals surface area contributed by atoms with Crippen LogP contribution >= 0.6 is 0 Å². The van der Waals surface area contributed by atoms with Gasteiger partial charge in [0.1, 0.15) is 0 Å². The Morgan fingerprint density at radius 1 is 1.00 bits per heavy atom. The summed E-state index contributed by atoms with van der Waals surface area (Å²) in [4.78, 5) is 0. The Labute approximate surface area is 122 Å². The molecule has 1 aromatic carbocycles. The van der Waals surface area contributed by atoms with Gasteiger partial charge in [-0.25, -0.2) is 0 Å². The maximum Gasteiger partial charge on any atom is 0.184 e. The zero-order valence-electron chi connectivity index (χ0n) is 12.5. The standard InChI is InChI=1S/C18H26O2/c1-2-14-7-3-4-8-15(14)13-16-9-5-6-10-17(16)18-19-11-12-20-18/h5-6,9-10,14-15,18H,2-4,7-8,11-13H2,1H3. The van der Waals surface area contributed by atoms with Crippen LogP contribution in [0.3, 0.4) is 0 Å². The van der Waals surface area contributed by atoms with Gasteiger partial charge in [0.15, 0.2) is 6.29 Å². The molecule has 1 saturated carbocycles. The Hall–Kier alpha value is -0.860. The van der Waals surface area contributed by atoms with Gasteiger partial charge in [0.2, 0.25) is 0 Å². The van der Waals surface area contributed by atoms with Crippen molar-refractivity contribution >= 4 is 0 Å². The molecule has 1 saturated heterocycles. The van der Waals surface area contributed by atoms with Crippen LogP contribution in [0.1, 0.15) is 56.4 Å². The maximum atomic E-state index is 5.70. The van der Waals surface area contributed by atoms with E-state index in [1.807, 2.05) is 0 Å². The molecule has 20 heavy (non-hydrogen) atoms. The highest BCUT2D eigenvalue weighted by Crippen LogP contribution is 2.36. The van der Waals surface area contributed by atoms with Crippen molar-refractivity contribution < 1.29 is 9.47 Å². The summed E-state index contributed by atoms with van der Waals surface area (Å²) in [5, 5.41) is 0. The Balaban J connectivity index is 1.75. The van der Waals surface area contributed by atoms with E-state index in [-0.39, 0.29) is 6.29 Å². The quantitative estimate of drug-likeness (QED) is 0.805. The number of benzene rings is 1. The highest BCUT2D eigenvalue weighted by Gasteiger charge is 2.27. The molecule has 1 aliphatic heterocycles. The van der Waals surface area contributed by atoms with Gasteiger partial charge in [-0.15, -0.1) is 0 Å². The summed E-state index contributed by atoms with van der Waals surface area (Å²) in [5.74, 6) is 1.75. The van der Waals surface area contributed by atoms with E-state index in [1.165, 1.54) is 49.7 Å². The molecule has 3 rings (SSSR count). The fraction of sp³-hybridized carbons (Fsp3) is 0.667. The Morgan fingerprint density at radius 3 is 2.45 bits per heavy atom. The SMILES string of the molecule is CCC1CCCCC1Cc1ccccc1C1OCCO1. The number of hydrogen-bond acceptors (Lipinski definition) is 2. The molecule has 0 amide bonds. The monoisotopic (exact) mass is 274 g/mol. The van der Waals surface area contributed by atoms with Crippen LogP contribution in [0.2, 0.25) is 0 Å². The lowest BCUT2D eigenvalue weighted by molar-refractivity contribution is -0.0449. The van der Waals surface area contributed by atoms with Crippen molar-refractivity contribution in [2.24, 2.45) is 11.8 Å². The van der Waals surface area contributed by atoms with Crippen LogP contribution in [-0.4, -0.2) is 13.2 Å². The first-order chi connectivity index (χ1) is 9.88. The lowest BCUT2D eigenvalue weighted by Crippen LogP contribution is -2.21. The predicted octanol–water partition coefficient (Wildman–Crippen LogP) is 4.49. The smallest absolute Gasteiger partial charge is 0.184 e. The average Bonchev–Trinajstić information content (AvgIpc) is 3.02. The summed E-state index contributed by atoms with van der Waals surface area (Å²) in [5.41, 5.74) is 2.69. The molecule has 2 fully saturated rings. The van der Waals surface area contributed by atoms with E-state index in [1.54, 1.807) is 0 Å². The van der Waals surface area contributed by atoms with Gasteiger partial charge in [0.25, 0.3) is 0 Å². The third-order valence-corrected chi connectivity index (χ3v) is 5.00. The molecular formula is C18H26O2. The molecular weight excluding hydrogens is 248 g/mol. The molecule has 1 heterocycles. The Kier molecular flexibility index (Phi) is 4.74. The minimum Gasteiger partial charge on any atom is -0.346 e. The molecule has 2 nitrogen and oxygen atoms in total. The highest BCUT2D eigenvalue weighted by molar-refractivity contribution is 5.29. The first-order valence-electron chi connectivity index (χ1n) is 8.19. The average molecular weight is 274 g/mol. The summed E-state index contributed by atoms with van der Waals surface area (Å²) in [7, 11) is 0. The normalized spacial score (nSPS) is 27.9. The second kappa shape index (κ2) is 6.73. The van der Waals surface area contributed by atoms with E-state index in [9.17, 15) is 0 Å². The number of hydrogen-bond donors (Lipinski definition) is 0. The zero-order valence-corrected chi connectivity index (χ0v) is 12.5. The zero-order chi connectivity index (χ0) is 13.8. The molecule has 0 bridgehead atoms. The van der Waals surface area contributed by atoms with Crippen molar-refractivity contribution in [1.82, 2.24) is 0 Å². The van der Waals surface area contributed by atoms with E-state index in [0.717, 1.165) is 25.0 Å². The van der Waals surface area contributed by atoms with Crippen LogP contribution in [0.4, 0.5) is 0 Å². The van der Waals surface area contributed by atoms with E-state index in [2.05, 4.69) is 31.2 Å². The molecule has 1 aliphatic carbocycles. The van der Waals surface area contributed by atoms with Gasteiger partial charge >= 0.3 is 0 Å². The van der Waals surface area contributed by atoms with Crippen LogP contribution in [0.5, 0.6) is 0 Å². The van der Waals surface area contributed by atoms with E-state index in [0.29, 0.717) is 0 Å². The molecule has 2 atom stereocenters. The molecule has 2 unspecified atom stereocenters.